The third-order valence-corrected chi connectivity index (χ3v) is 5.27. The van der Waals surface area contributed by atoms with Gasteiger partial charge in [0.1, 0.15) is 5.75 Å². The molecule has 0 saturated heterocycles. The molecule has 0 aliphatic heterocycles. The van der Waals surface area contributed by atoms with Crippen LogP contribution in [0.1, 0.15) is 28.1 Å². The lowest BCUT2D eigenvalue weighted by atomic mass is 10.1. The Labute approximate surface area is 185 Å². The van der Waals surface area contributed by atoms with Crippen LogP contribution in [-0.2, 0) is 24.2 Å². The minimum atomic E-state index is -0.0395. The minimum Gasteiger partial charge on any atom is -0.430 e. The molecule has 2 heterocycles. The molecule has 0 aliphatic carbocycles. The van der Waals surface area contributed by atoms with Gasteiger partial charge in [0.15, 0.2) is 5.82 Å². The molecule has 0 unspecified atom stereocenters. The maximum Gasteiger partial charge on any atom is 0.298 e. The molecule has 1 N–H and O–H groups in total. The van der Waals surface area contributed by atoms with Crippen molar-refractivity contribution in [3.8, 4) is 10.9 Å². The summed E-state index contributed by atoms with van der Waals surface area (Å²) in [7, 11) is 0. The van der Waals surface area contributed by atoms with E-state index in [1.165, 1.54) is 22.7 Å². The maximum absolute atomic E-state index is 12.2. The summed E-state index contributed by atoms with van der Waals surface area (Å²) >= 11 is 1.23. The Morgan fingerprint density at radius 1 is 1.00 bits per heavy atom. The molecule has 0 atom stereocenters. The van der Waals surface area contributed by atoms with Gasteiger partial charge >= 0.3 is 0 Å². The first-order chi connectivity index (χ1) is 15.1. The second-order valence-electron chi connectivity index (χ2n) is 7.20. The van der Waals surface area contributed by atoms with Crippen molar-refractivity contribution >= 4 is 17.4 Å². The van der Waals surface area contributed by atoms with Gasteiger partial charge in [0.2, 0.25) is 5.91 Å². The van der Waals surface area contributed by atoms with E-state index < -0.39 is 0 Å². The fourth-order valence-corrected chi connectivity index (χ4v) is 3.54. The van der Waals surface area contributed by atoms with Gasteiger partial charge in [0.05, 0.1) is 6.42 Å². The third-order valence-electron chi connectivity index (χ3n) is 4.64. The first-order valence-corrected chi connectivity index (χ1v) is 10.7. The SMILES string of the molecule is Cc1ccc(Cc2nsc(Oc3ccc(CC(=O)NCc4cccnc4)cc3)n2)cc1. The van der Waals surface area contributed by atoms with Gasteiger partial charge < -0.3 is 10.1 Å². The monoisotopic (exact) mass is 430 g/mol. The van der Waals surface area contributed by atoms with E-state index >= 15 is 0 Å². The molecule has 4 aromatic rings. The fourth-order valence-electron chi connectivity index (χ4n) is 2.97. The number of aromatic nitrogens is 3. The van der Waals surface area contributed by atoms with Crippen LogP contribution in [0.25, 0.3) is 0 Å². The van der Waals surface area contributed by atoms with E-state index in [0.29, 0.717) is 30.3 Å². The van der Waals surface area contributed by atoms with Crippen molar-refractivity contribution in [2.24, 2.45) is 0 Å². The Balaban J connectivity index is 1.28. The predicted octanol–water partition coefficient (Wildman–Crippen LogP) is 4.48. The van der Waals surface area contributed by atoms with Crippen LogP contribution in [0.15, 0.2) is 73.1 Å². The lowest BCUT2D eigenvalue weighted by molar-refractivity contribution is -0.120. The van der Waals surface area contributed by atoms with Crippen LogP contribution >= 0.6 is 11.5 Å². The number of nitrogens with one attached hydrogen (secondary N) is 1. The molecule has 7 heteroatoms. The molecule has 0 saturated carbocycles. The molecule has 0 bridgehead atoms. The number of ether oxygens (including phenoxy) is 1. The lowest BCUT2D eigenvalue weighted by Gasteiger charge is -2.06. The molecular formula is C24H22N4O2S. The van der Waals surface area contributed by atoms with E-state index in [0.717, 1.165) is 17.0 Å². The van der Waals surface area contributed by atoms with E-state index in [4.69, 9.17) is 4.74 Å². The Bertz CT molecular complexity index is 1130. The summed E-state index contributed by atoms with van der Waals surface area (Å²) < 4.78 is 10.2. The number of hydrogen-bond donors (Lipinski definition) is 1. The summed E-state index contributed by atoms with van der Waals surface area (Å²) in [5.74, 6) is 1.37. The average Bonchev–Trinajstić information content (AvgIpc) is 3.23. The van der Waals surface area contributed by atoms with Crippen LogP contribution in [0.3, 0.4) is 0 Å². The average molecular weight is 431 g/mol. The number of amides is 1. The van der Waals surface area contributed by atoms with Crippen molar-refractivity contribution in [3.63, 3.8) is 0 Å². The minimum absolute atomic E-state index is 0.0395. The number of carbonyl (C=O) groups excluding carboxylic acids is 1. The van der Waals surface area contributed by atoms with Crippen LogP contribution in [0, 0.1) is 6.92 Å². The normalized spacial score (nSPS) is 10.6. The van der Waals surface area contributed by atoms with Crippen molar-refractivity contribution in [1.82, 2.24) is 19.7 Å². The van der Waals surface area contributed by atoms with Gasteiger partial charge in [-0.05, 0) is 41.8 Å². The molecule has 156 valence electrons. The second kappa shape index (κ2) is 9.95. The fraction of sp³-hybridized carbons (Fsp3) is 0.167. The first-order valence-electron chi connectivity index (χ1n) is 9.94. The van der Waals surface area contributed by atoms with Crippen molar-refractivity contribution in [1.29, 1.82) is 0 Å². The van der Waals surface area contributed by atoms with Gasteiger partial charge in [0.25, 0.3) is 5.19 Å². The molecule has 2 aromatic heterocycles. The molecule has 0 aliphatic rings. The van der Waals surface area contributed by atoms with Crippen LogP contribution in [-0.4, -0.2) is 20.2 Å². The zero-order valence-corrected chi connectivity index (χ0v) is 17.9. The highest BCUT2D eigenvalue weighted by atomic mass is 32.1. The molecule has 0 radical (unpaired) electrons. The largest absolute Gasteiger partial charge is 0.430 e. The number of nitrogens with zero attached hydrogens (tertiary/aromatic N) is 3. The Morgan fingerprint density at radius 2 is 1.77 bits per heavy atom. The molecule has 0 fully saturated rings. The van der Waals surface area contributed by atoms with E-state index in [1.54, 1.807) is 12.4 Å². The number of hydrogen-bond acceptors (Lipinski definition) is 6. The standard InChI is InChI=1S/C24H22N4O2S/c1-17-4-6-18(7-5-17)13-22-27-24(31-28-22)30-21-10-8-19(9-11-21)14-23(29)26-16-20-3-2-12-25-15-20/h2-12,15H,13-14,16H2,1H3,(H,26,29). The number of benzene rings is 2. The summed E-state index contributed by atoms with van der Waals surface area (Å²) in [4.78, 5) is 20.7. The Kier molecular flexibility index (Phi) is 6.64. The van der Waals surface area contributed by atoms with Crippen molar-refractivity contribution in [2.75, 3.05) is 0 Å². The molecule has 6 nitrogen and oxygen atoms in total. The highest BCUT2D eigenvalue weighted by Gasteiger charge is 2.08. The van der Waals surface area contributed by atoms with Gasteiger partial charge in [-0.1, -0.05) is 48.0 Å². The third kappa shape index (κ3) is 6.20. The van der Waals surface area contributed by atoms with Crippen LogP contribution < -0.4 is 10.1 Å². The molecule has 4 rings (SSSR count). The summed E-state index contributed by atoms with van der Waals surface area (Å²) in [6.45, 7) is 2.53. The van der Waals surface area contributed by atoms with Crippen LogP contribution in [0.5, 0.6) is 10.9 Å². The highest BCUT2D eigenvalue weighted by molar-refractivity contribution is 7.07. The van der Waals surface area contributed by atoms with E-state index in [-0.39, 0.29) is 5.91 Å². The highest BCUT2D eigenvalue weighted by Crippen LogP contribution is 2.24. The molecular weight excluding hydrogens is 408 g/mol. The van der Waals surface area contributed by atoms with E-state index in [9.17, 15) is 4.79 Å². The number of carbonyl (C=O) groups is 1. The van der Waals surface area contributed by atoms with Gasteiger partial charge in [-0.15, -0.1) is 0 Å². The summed E-state index contributed by atoms with van der Waals surface area (Å²) in [5.41, 5.74) is 4.28. The van der Waals surface area contributed by atoms with Gasteiger partial charge in [0, 0.05) is 36.9 Å². The predicted molar refractivity (Wildman–Crippen MR) is 120 cm³/mol. The quantitative estimate of drug-likeness (QED) is 0.446. The zero-order chi connectivity index (χ0) is 21.5. The molecule has 31 heavy (non-hydrogen) atoms. The van der Waals surface area contributed by atoms with Crippen molar-refractivity contribution in [3.05, 3.63) is 101 Å². The van der Waals surface area contributed by atoms with Crippen molar-refractivity contribution < 1.29 is 9.53 Å². The summed E-state index contributed by atoms with van der Waals surface area (Å²) in [6, 6.07) is 19.6. The number of pyridine rings is 1. The summed E-state index contributed by atoms with van der Waals surface area (Å²) in [5, 5.41) is 3.40. The maximum atomic E-state index is 12.2. The van der Waals surface area contributed by atoms with Gasteiger partial charge in [-0.25, -0.2) is 0 Å². The van der Waals surface area contributed by atoms with Gasteiger partial charge in [-0.3, -0.25) is 9.78 Å². The molecule has 2 aromatic carbocycles. The molecule has 0 spiro atoms. The second-order valence-corrected chi connectivity index (χ2v) is 7.91. The smallest absolute Gasteiger partial charge is 0.298 e. The van der Waals surface area contributed by atoms with E-state index in [2.05, 4.69) is 50.8 Å². The van der Waals surface area contributed by atoms with E-state index in [1.807, 2.05) is 36.4 Å². The molecule has 1 amide bonds. The Hall–Kier alpha value is -3.58. The number of aryl methyl sites for hydroxylation is 1. The first kappa shape index (κ1) is 20.7. The zero-order valence-electron chi connectivity index (χ0n) is 17.1. The summed E-state index contributed by atoms with van der Waals surface area (Å²) in [6.07, 6.45) is 4.43. The van der Waals surface area contributed by atoms with Crippen LogP contribution in [0.4, 0.5) is 0 Å². The lowest BCUT2D eigenvalue weighted by Crippen LogP contribution is -2.24. The number of rotatable bonds is 8. The Morgan fingerprint density at radius 3 is 2.52 bits per heavy atom. The topological polar surface area (TPSA) is 77.0 Å². The van der Waals surface area contributed by atoms with Gasteiger partial charge in [-0.2, -0.15) is 9.36 Å². The van der Waals surface area contributed by atoms with Crippen molar-refractivity contribution in [2.45, 2.75) is 26.3 Å². The van der Waals surface area contributed by atoms with Crippen LogP contribution in [0.2, 0.25) is 0 Å².